The Hall–Kier alpha value is -4.24. The molecule has 0 bridgehead atoms. The van der Waals surface area contributed by atoms with Crippen molar-refractivity contribution in [1.82, 2.24) is 5.32 Å². The molecule has 3 aromatic rings. The van der Waals surface area contributed by atoms with Crippen molar-refractivity contribution < 1.29 is 19.1 Å². The van der Waals surface area contributed by atoms with Crippen LogP contribution in [-0.4, -0.2) is 37.0 Å². The molecule has 196 valence electrons. The van der Waals surface area contributed by atoms with Gasteiger partial charge in [0.1, 0.15) is 17.5 Å². The monoisotopic (exact) mass is 530 g/mol. The molecular weight excluding hydrogens is 500 g/mol. The van der Waals surface area contributed by atoms with Crippen molar-refractivity contribution in [2.75, 3.05) is 30.6 Å². The van der Waals surface area contributed by atoms with Gasteiger partial charge in [-0.25, -0.2) is 4.99 Å². The summed E-state index contributed by atoms with van der Waals surface area (Å²) < 4.78 is 11.0. The number of benzene rings is 3. The first-order valence-electron chi connectivity index (χ1n) is 12.0. The maximum atomic E-state index is 13.5. The summed E-state index contributed by atoms with van der Waals surface area (Å²) in [7, 11) is 3.14. The molecule has 0 aliphatic carbocycles. The van der Waals surface area contributed by atoms with Crippen LogP contribution in [0.3, 0.4) is 0 Å². The molecule has 2 amide bonds. The van der Waals surface area contributed by atoms with E-state index in [1.807, 2.05) is 74.5 Å². The van der Waals surface area contributed by atoms with Crippen LogP contribution >= 0.6 is 11.8 Å². The number of carbonyl (C=O) groups is 2. The van der Waals surface area contributed by atoms with Crippen LogP contribution in [0, 0.1) is 6.92 Å². The Kier molecular flexibility index (Phi) is 8.70. The van der Waals surface area contributed by atoms with Crippen LogP contribution in [0.15, 0.2) is 89.1 Å². The first-order valence-corrected chi connectivity index (χ1v) is 13.0. The minimum atomic E-state index is -0.664. The van der Waals surface area contributed by atoms with Crippen LogP contribution in [0.5, 0.6) is 11.5 Å². The summed E-state index contributed by atoms with van der Waals surface area (Å²) in [5.74, 6) is 0.878. The van der Waals surface area contributed by atoms with Crippen LogP contribution in [0.1, 0.15) is 24.1 Å². The average Bonchev–Trinajstić information content (AvgIpc) is 2.93. The summed E-state index contributed by atoms with van der Waals surface area (Å²) in [6, 6.07) is 21.6. The van der Waals surface area contributed by atoms with Gasteiger partial charge in [0, 0.05) is 28.7 Å². The Morgan fingerprint density at radius 2 is 1.68 bits per heavy atom. The van der Waals surface area contributed by atoms with Gasteiger partial charge in [0.15, 0.2) is 5.17 Å². The van der Waals surface area contributed by atoms with Crippen LogP contribution in [0.25, 0.3) is 0 Å². The molecule has 3 N–H and O–H groups in total. The van der Waals surface area contributed by atoms with E-state index >= 15 is 0 Å². The molecule has 0 radical (unpaired) electrons. The third-order valence-corrected chi connectivity index (χ3v) is 6.88. The highest BCUT2D eigenvalue weighted by molar-refractivity contribution is 8.14. The Bertz CT molecular complexity index is 1390. The van der Waals surface area contributed by atoms with E-state index in [2.05, 4.69) is 16.0 Å². The maximum Gasteiger partial charge on any atom is 0.255 e. The summed E-state index contributed by atoms with van der Waals surface area (Å²) in [6.07, 6.45) is 0. The van der Waals surface area contributed by atoms with Gasteiger partial charge < -0.3 is 25.4 Å². The third-order valence-electron chi connectivity index (χ3n) is 5.99. The maximum absolute atomic E-state index is 13.5. The van der Waals surface area contributed by atoms with Crippen molar-refractivity contribution in [3.63, 3.8) is 0 Å². The van der Waals surface area contributed by atoms with E-state index in [0.717, 1.165) is 11.3 Å². The fraction of sp³-hybridized carbons (Fsp3) is 0.207. The number of thioether (sulfide) groups is 1. The molecule has 38 heavy (non-hydrogen) atoms. The minimum absolute atomic E-state index is 0.144. The largest absolute Gasteiger partial charge is 0.497 e. The fourth-order valence-corrected chi connectivity index (χ4v) is 4.78. The molecule has 1 aliphatic rings. The van der Waals surface area contributed by atoms with Crippen molar-refractivity contribution in [2.45, 2.75) is 19.9 Å². The van der Waals surface area contributed by atoms with Crippen molar-refractivity contribution in [1.29, 1.82) is 0 Å². The second kappa shape index (κ2) is 12.3. The van der Waals surface area contributed by atoms with Gasteiger partial charge in [-0.15, -0.1) is 0 Å². The van der Waals surface area contributed by atoms with Crippen molar-refractivity contribution >= 4 is 40.1 Å². The van der Waals surface area contributed by atoms with Crippen LogP contribution < -0.4 is 25.4 Å². The Balaban J connectivity index is 1.61. The number of anilines is 2. The van der Waals surface area contributed by atoms with Crippen molar-refractivity contribution in [3.05, 3.63) is 95.2 Å². The van der Waals surface area contributed by atoms with E-state index in [9.17, 15) is 9.59 Å². The highest BCUT2D eigenvalue weighted by Gasteiger charge is 2.32. The summed E-state index contributed by atoms with van der Waals surface area (Å²) in [5.41, 5.74) is 4.22. The van der Waals surface area contributed by atoms with Gasteiger partial charge in [0.25, 0.3) is 5.91 Å². The number of nitrogens with one attached hydrogen (secondary N) is 3. The third kappa shape index (κ3) is 6.36. The summed E-state index contributed by atoms with van der Waals surface area (Å²) in [6.45, 7) is 3.77. The second-order valence-electron chi connectivity index (χ2n) is 8.58. The highest BCUT2D eigenvalue weighted by atomic mass is 32.2. The standard InChI is InChI=1S/C29H30N4O4S/c1-18-10-8-9-13-23(18)32-25(34)17-38-29-30-19(2)26(28(35)31-20-11-6-5-7-12-20)27(33-29)22-15-14-21(36-3)16-24(22)37-4/h5-16,27H,17H2,1-4H3,(H,30,33)(H,31,35)(H,32,34)/t27-/m1/s1. The number of amidine groups is 1. The molecule has 0 aromatic heterocycles. The molecule has 0 fully saturated rings. The summed E-state index contributed by atoms with van der Waals surface area (Å²) in [5, 5.41) is 9.63. The zero-order chi connectivity index (χ0) is 27.1. The molecule has 0 saturated heterocycles. The fourth-order valence-electron chi connectivity index (χ4n) is 4.04. The number of hydrogen-bond donors (Lipinski definition) is 3. The van der Waals surface area contributed by atoms with E-state index in [0.29, 0.717) is 39.2 Å². The topological polar surface area (TPSA) is 101 Å². The Labute approximate surface area is 226 Å². The Morgan fingerprint density at radius 3 is 2.39 bits per heavy atom. The lowest BCUT2D eigenvalue weighted by atomic mass is 9.95. The molecule has 1 heterocycles. The van der Waals surface area contributed by atoms with Crippen molar-refractivity contribution in [3.8, 4) is 11.5 Å². The number of para-hydroxylation sites is 2. The number of aryl methyl sites for hydroxylation is 1. The predicted molar refractivity (Wildman–Crippen MR) is 153 cm³/mol. The molecule has 3 aromatic carbocycles. The number of allylic oxidation sites excluding steroid dienone is 1. The molecule has 0 saturated carbocycles. The lowest BCUT2D eigenvalue weighted by Crippen LogP contribution is -2.33. The molecule has 0 unspecified atom stereocenters. The summed E-state index contributed by atoms with van der Waals surface area (Å²) in [4.78, 5) is 31.0. The minimum Gasteiger partial charge on any atom is -0.497 e. The number of ether oxygens (including phenoxy) is 2. The molecule has 4 rings (SSSR count). The molecule has 8 nitrogen and oxygen atoms in total. The normalized spacial score (nSPS) is 14.7. The zero-order valence-corrected chi connectivity index (χ0v) is 22.5. The number of rotatable bonds is 8. The average molecular weight is 531 g/mol. The van der Waals surface area contributed by atoms with Gasteiger partial charge in [-0.05, 0) is 49.7 Å². The molecule has 1 atom stereocenters. The van der Waals surface area contributed by atoms with Crippen LogP contribution in [-0.2, 0) is 9.59 Å². The number of carbonyl (C=O) groups excluding carboxylic acids is 2. The second-order valence-corrected chi connectivity index (χ2v) is 9.54. The molecular formula is C29H30N4O4S. The first-order chi connectivity index (χ1) is 18.4. The molecule has 1 aliphatic heterocycles. The van der Waals surface area contributed by atoms with Crippen LogP contribution in [0.2, 0.25) is 0 Å². The van der Waals surface area contributed by atoms with Crippen LogP contribution in [0.4, 0.5) is 11.4 Å². The lowest BCUT2D eigenvalue weighted by Gasteiger charge is -2.27. The SMILES string of the molecule is COc1ccc([C@H]2N=C(SCC(=O)Nc3ccccc3C)NC(C)=C2C(=O)Nc2ccccc2)c(OC)c1. The Morgan fingerprint density at radius 1 is 0.947 bits per heavy atom. The number of hydrogen-bond acceptors (Lipinski definition) is 7. The smallest absolute Gasteiger partial charge is 0.255 e. The highest BCUT2D eigenvalue weighted by Crippen LogP contribution is 2.39. The number of aliphatic imine (C=N–C) groups is 1. The predicted octanol–water partition coefficient (Wildman–Crippen LogP) is 5.30. The van der Waals surface area contributed by atoms with E-state index in [1.54, 1.807) is 26.4 Å². The zero-order valence-electron chi connectivity index (χ0n) is 21.7. The number of nitrogens with zero attached hydrogens (tertiary/aromatic N) is 1. The van der Waals surface area contributed by atoms with Gasteiger partial charge in [0.05, 0.1) is 25.5 Å². The van der Waals surface area contributed by atoms with E-state index in [1.165, 1.54) is 11.8 Å². The summed E-state index contributed by atoms with van der Waals surface area (Å²) >= 11 is 1.27. The number of methoxy groups -OCH3 is 2. The first kappa shape index (κ1) is 26.8. The van der Waals surface area contributed by atoms with E-state index in [4.69, 9.17) is 14.5 Å². The molecule has 0 spiro atoms. The van der Waals surface area contributed by atoms with E-state index in [-0.39, 0.29) is 17.6 Å². The van der Waals surface area contributed by atoms with Crippen molar-refractivity contribution in [2.24, 2.45) is 4.99 Å². The quantitative estimate of drug-likeness (QED) is 0.366. The number of amides is 2. The lowest BCUT2D eigenvalue weighted by molar-refractivity contribution is -0.114. The van der Waals surface area contributed by atoms with Gasteiger partial charge in [-0.2, -0.15) is 0 Å². The molecule has 9 heteroatoms. The van der Waals surface area contributed by atoms with E-state index < -0.39 is 6.04 Å². The van der Waals surface area contributed by atoms with Gasteiger partial charge in [-0.3, -0.25) is 9.59 Å². The van der Waals surface area contributed by atoms with Gasteiger partial charge >= 0.3 is 0 Å². The van der Waals surface area contributed by atoms with Gasteiger partial charge in [0.2, 0.25) is 5.91 Å². The van der Waals surface area contributed by atoms with Gasteiger partial charge in [-0.1, -0.05) is 48.2 Å².